The number of aryl methyl sites for hydroxylation is 3. The number of fused-ring (bicyclic) bond motifs is 1. The van der Waals surface area contributed by atoms with Gasteiger partial charge in [0.2, 0.25) is 0 Å². The first kappa shape index (κ1) is 20.2. The van der Waals surface area contributed by atoms with Crippen LogP contribution in [0, 0.1) is 5.82 Å². The number of aromatic nitrogens is 6. The molecular weight excluding hydrogens is 403 g/mol. The SMILES string of the molecule is Fc1cccc(Cc2nnc(CCc3c[nH]c4ccccc34)n2CCCc2cnc[nH]2)c1. The summed E-state index contributed by atoms with van der Waals surface area (Å²) in [4.78, 5) is 10.6. The van der Waals surface area contributed by atoms with Crippen molar-refractivity contribution in [1.29, 1.82) is 0 Å². The van der Waals surface area contributed by atoms with E-state index in [1.807, 2.05) is 18.3 Å². The number of para-hydroxylation sites is 1. The molecule has 0 atom stereocenters. The largest absolute Gasteiger partial charge is 0.361 e. The third-order valence-corrected chi connectivity index (χ3v) is 5.83. The number of halogens is 1. The van der Waals surface area contributed by atoms with Gasteiger partial charge in [-0.2, -0.15) is 0 Å². The van der Waals surface area contributed by atoms with Crippen molar-refractivity contribution in [2.24, 2.45) is 0 Å². The Morgan fingerprint density at radius 1 is 0.906 bits per heavy atom. The van der Waals surface area contributed by atoms with E-state index in [9.17, 15) is 4.39 Å². The molecule has 0 aliphatic rings. The van der Waals surface area contributed by atoms with Gasteiger partial charge in [-0.3, -0.25) is 0 Å². The molecule has 5 rings (SSSR count). The summed E-state index contributed by atoms with van der Waals surface area (Å²) in [6.07, 6.45) is 9.72. The van der Waals surface area contributed by atoms with Gasteiger partial charge in [-0.05, 0) is 48.6 Å². The Labute approximate surface area is 185 Å². The Morgan fingerprint density at radius 2 is 1.81 bits per heavy atom. The quantitative estimate of drug-likeness (QED) is 0.359. The number of nitrogens with zero attached hydrogens (tertiary/aromatic N) is 4. The van der Waals surface area contributed by atoms with Crippen molar-refractivity contribution in [3.8, 4) is 0 Å². The van der Waals surface area contributed by atoms with Crippen LogP contribution in [0.3, 0.4) is 0 Å². The van der Waals surface area contributed by atoms with Gasteiger partial charge in [-0.1, -0.05) is 30.3 Å². The van der Waals surface area contributed by atoms with Gasteiger partial charge in [0, 0.05) is 48.4 Å². The molecular formula is C25H25FN6. The van der Waals surface area contributed by atoms with Gasteiger partial charge in [0.25, 0.3) is 0 Å². The van der Waals surface area contributed by atoms with Crippen molar-refractivity contribution >= 4 is 10.9 Å². The van der Waals surface area contributed by atoms with Crippen LogP contribution in [0.4, 0.5) is 4.39 Å². The van der Waals surface area contributed by atoms with Gasteiger partial charge in [0.05, 0.1) is 6.33 Å². The first-order chi connectivity index (χ1) is 15.8. The molecule has 0 spiro atoms. The molecule has 6 nitrogen and oxygen atoms in total. The number of imidazole rings is 1. The number of benzene rings is 2. The lowest BCUT2D eigenvalue weighted by Crippen LogP contribution is -2.10. The topological polar surface area (TPSA) is 75.2 Å². The van der Waals surface area contributed by atoms with Gasteiger partial charge < -0.3 is 14.5 Å². The maximum absolute atomic E-state index is 13.7. The predicted octanol–water partition coefficient (Wildman–Crippen LogP) is 4.63. The van der Waals surface area contributed by atoms with Crippen LogP contribution in [0.5, 0.6) is 0 Å². The molecule has 162 valence electrons. The zero-order chi connectivity index (χ0) is 21.8. The maximum atomic E-state index is 13.7. The fourth-order valence-corrected chi connectivity index (χ4v) is 4.21. The van der Waals surface area contributed by atoms with Gasteiger partial charge in [0.1, 0.15) is 17.5 Å². The minimum atomic E-state index is -0.229. The Hall–Kier alpha value is -3.74. The van der Waals surface area contributed by atoms with Crippen LogP contribution in [0.1, 0.15) is 34.9 Å². The highest BCUT2D eigenvalue weighted by atomic mass is 19.1. The van der Waals surface area contributed by atoms with E-state index in [0.29, 0.717) is 6.42 Å². The molecule has 7 heteroatoms. The molecule has 5 aromatic rings. The Bertz CT molecular complexity index is 1300. The van der Waals surface area contributed by atoms with Crippen LogP contribution in [-0.2, 0) is 32.2 Å². The van der Waals surface area contributed by atoms with E-state index in [4.69, 9.17) is 0 Å². The molecule has 0 saturated carbocycles. The maximum Gasteiger partial charge on any atom is 0.137 e. The fourth-order valence-electron chi connectivity index (χ4n) is 4.21. The number of nitrogens with one attached hydrogen (secondary N) is 2. The van der Waals surface area contributed by atoms with Gasteiger partial charge >= 0.3 is 0 Å². The summed E-state index contributed by atoms with van der Waals surface area (Å²) in [6, 6.07) is 15.0. The first-order valence-corrected chi connectivity index (χ1v) is 10.9. The van der Waals surface area contributed by atoms with Crippen LogP contribution in [0.25, 0.3) is 10.9 Å². The molecule has 0 bridgehead atoms. The predicted molar refractivity (Wildman–Crippen MR) is 122 cm³/mol. The van der Waals surface area contributed by atoms with Crippen LogP contribution < -0.4 is 0 Å². The highest BCUT2D eigenvalue weighted by Crippen LogP contribution is 2.20. The molecule has 0 aliphatic heterocycles. The Kier molecular flexibility index (Phi) is 5.79. The summed E-state index contributed by atoms with van der Waals surface area (Å²) in [5.41, 5.74) is 4.44. The first-order valence-electron chi connectivity index (χ1n) is 10.9. The van der Waals surface area contributed by atoms with E-state index < -0.39 is 0 Å². The van der Waals surface area contributed by atoms with E-state index in [2.05, 4.69) is 54.1 Å². The summed E-state index contributed by atoms with van der Waals surface area (Å²) in [7, 11) is 0. The van der Waals surface area contributed by atoms with Crippen LogP contribution in [0.15, 0.2) is 67.3 Å². The van der Waals surface area contributed by atoms with Crippen molar-refractivity contribution < 1.29 is 4.39 Å². The minimum Gasteiger partial charge on any atom is -0.361 e. The lowest BCUT2D eigenvalue weighted by molar-refractivity contribution is 0.584. The number of aromatic amines is 2. The Balaban J connectivity index is 1.35. The monoisotopic (exact) mass is 428 g/mol. The second-order valence-electron chi connectivity index (χ2n) is 8.03. The second-order valence-corrected chi connectivity index (χ2v) is 8.03. The van der Waals surface area contributed by atoms with E-state index >= 15 is 0 Å². The molecule has 2 N–H and O–H groups in total. The number of H-pyrrole nitrogens is 2. The lowest BCUT2D eigenvalue weighted by Gasteiger charge is -2.11. The van der Waals surface area contributed by atoms with Crippen molar-refractivity contribution in [3.05, 3.63) is 102 Å². The van der Waals surface area contributed by atoms with E-state index in [1.165, 1.54) is 17.0 Å². The van der Waals surface area contributed by atoms with Crippen LogP contribution in [-0.4, -0.2) is 29.7 Å². The standard InChI is InChI=1S/C25H25FN6/c26-20-6-3-5-18(13-20)14-25-31-30-24(32(25)12-4-7-21-16-27-17-29-21)11-10-19-15-28-23-9-2-1-8-22(19)23/h1-3,5-6,8-9,13,15-17,28H,4,7,10-12,14H2,(H,27,29). The highest BCUT2D eigenvalue weighted by Gasteiger charge is 2.14. The van der Waals surface area contributed by atoms with Crippen molar-refractivity contribution in [3.63, 3.8) is 0 Å². The van der Waals surface area contributed by atoms with Crippen LogP contribution >= 0.6 is 0 Å². The molecule has 3 heterocycles. The average Bonchev–Trinajstić information content (AvgIpc) is 3.54. The second kappa shape index (κ2) is 9.18. The third-order valence-electron chi connectivity index (χ3n) is 5.83. The molecule has 0 saturated heterocycles. The number of hydrogen-bond acceptors (Lipinski definition) is 3. The number of rotatable bonds is 9. The van der Waals surface area contributed by atoms with Gasteiger partial charge in [0.15, 0.2) is 0 Å². The Morgan fingerprint density at radius 3 is 2.69 bits per heavy atom. The average molecular weight is 429 g/mol. The smallest absolute Gasteiger partial charge is 0.137 e. The molecule has 0 fully saturated rings. The van der Waals surface area contributed by atoms with Gasteiger partial charge in [-0.25, -0.2) is 9.37 Å². The molecule has 3 aromatic heterocycles. The molecule has 0 amide bonds. The summed E-state index contributed by atoms with van der Waals surface area (Å²) >= 11 is 0. The van der Waals surface area contributed by atoms with Gasteiger partial charge in [-0.15, -0.1) is 10.2 Å². The summed E-state index contributed by atoms with van der Waals surface area (Å²) in [5, 5.41) is 10.2. The highest BCUT2D eigenvalue weighted by molar-refractivity contribution is 5.83. The zero-order valence-corrected chi connectivity index (χ0v) is 17.8. The molecule has 32 heavy (non-hydrogen) atoms. The fraction of sp³-hybridized carbons (Fsp3) is 0.240. The van der Waals surface area contributed by atoms with Crippen molar-refractivity contribution in [2.45, 2.75) is 38.6 Å². The number of hydrogen-bond donors (Lipinski definition) is 2. The summed E-state index contributed by atoms with van der Waals surface area (Å²) in [6.45, 7) is 0.805. The van der Waals surface area contributed by atoms with Crippen LogP contribution in [0.2, 0.25) is 0 Å². The minimum absolute atomic E-state index is 0.229. The van der Waals surface area contributed by atoms with E-state index in [-0.39, 0.29) is 5.82 Å². The molecule has 0 unspecified atom stereocenters. The molecule has 2 aromatic carbocycles. The molecule has 0 aliphatic carbocycles. The molecule has 0 radical (unpaired) electrons. The summed E-state index contributed by atoms with van der Waals surface area (Å²) < 4.78 is 15.9. The third kappa shape index (κ3) is 4.46. The van der Waals surface area contributed by atoms with Crippen molar-refractivity contribution in [1.82, 2.24) is 29.7 Å². The summed E-state index contributed by atoms with van der Waals surface area (Å²) in [5.74, 6) is 1.60. The normalized spacial score (nSPS) is 11.4. The van der Waals surface area contributed by atoms with E-state index in [1.54, 1.807) is 18.5 Å². The lowest BCUT2D eigenvalue weighted by atomic mass is 10.1. The van der Waals surface area contributed by atoms with E-state index in [0.717, 1.165) is 60.7 Å². The zero-order valence-electron chi connectivity index (χ0n) is 17.8. The van der Waals surface area contributed by atoms with Crippen molar-refractivity contribution in [2.75, 3.05) is 0 Å².